The van der Waals surface area contributed by atoms with E-state index < -0.39 is 5.97 Å². The van der Waals surface area contributed by atoms with Gasteiger partial charge in [0.2, 0.25) is 0 Å². The first-order valence-electron chi connectivity index (χ1n) is 6.76. The highest BCUT2D eigenvalue weighted by atomic mass is 32.2. The number of hydrogen-bond donors (Lipinski definition) is 2. The molecule has 0 fully saturated rings. The van der Waals surface area contributed by atoms with Crippen molar-refractivity contribution < 1.29 is 9.90 Å². The number of carboxylic acids is 1. The van der Waals surface area contributed by atoms with Crippen molar-refractivity contribution in [1.29, 1.82) is 0 Å². The van der Waals surface area contributed by atoms with E-state index >= 15 is 0 Å². The summed E-state index contributed by atoms with van der Waals surface area (Å²) in [5.74, 6) is 0.397. The molecule has 0 radical (unpaired) electrons. The first kappa shape index (κ1) is 16.1. The highest BCUT2D eigenvalue weighted by Crippen LogP contribution is 2.05. The Labute approximate surface area is 119 Å². The Hall–Kier alpha value is -1.00. The molecule has 19 heavy (non-hydrogen) atoms. The summed E-state index contributed by atoms with van der Waals surface area (Å²) in [7, 11) is 0. The van der Waals surface area contributed by atoms with Crippen LogP contribution in [0.2, 0.25) is 0 Å². The van der Waals surface area contributed by atoms with E-state index in [2.05, 4.69) is 11.6 Å². The molecule has 106 valence electrons. The Morgan fingerprint density at radius 1 is 1.16 bits per heavy atom. The lowest BCUT2D eigenvalue weighted by Gasteiger charge is -2.05. The smallest absolute Gasteiger partial charge is 0.335 e. The third-order valence-corrected chi connectivity index (χ3v) is 3.68. The molecule has 1 aromatic carbocycles. The summed E-state index contributed by atoms with van der Waals surface area (Å²) in [5, 5.41) is 12.2. The Morgan fingerprint density at radius 3 is 2.47 bits per heavy atom. The van der Waals surface area contributed by atoms with Gasteiger partial charge in [-0.2, -0.15) is 11.8 Å². The SMILES string of the molecule is CSCCCCCCNCc1ccc(C(=O)O)cc1. The Morgan fingerprint density at radius 2 is 1.84 bits per heavy atom. The van der Waals surface area contributed by atoms with Crippen molar-refractivity contribution in [2.24, 2.45) is 0 Å². The van der Waals surface area contributed by atoms with E-state index in [0.717, 1.165) is 18.7 Å². The molecule has 0 aliphatic rings. The third kappa shape index (κ3) is 7.23. The molecular formula is C15H23NO2S. The van der Waals surface area contributed by atoms with Crippen LogP contribution in [0, 0.1) is 0 Å². The molecule has 3 nitrogen and oxygen atoms in total. The third-order valence-electron chi connectivity index (χ3n) is 2.98. The molecule has 0 saturated heterocycles. The van der Waals surface area contributed by atoms with Crippen LogP contribution in [0.1, 0.15) is 41.6 Å². The van der Waals surface area contributed by atoms with Gasteiger partial charge in [-0.15, -0.1) is 0 Å². The number of aromatic carboxylic acids is 1. The summed E-state index contributed by atoms with van der Waals surface area (Å²) in [5.41, 5.74) is 1.48. The molecule has 0 saturated carbocycles. The van der Waals surface area contributed by atoms with E-state index in [4.69, 9.17) is 5.11 Å². The normalized spacial score (nSPS) is 10.6. The molecule has 0 amide bonds. The number of carboxylic acid groups (broad SMARTS) is 1. The molecule has 0 atom stereocenters. The summed E-state index contributed by atoms with van der Waals surface area (Å²) < 4.78 is 0. The second-order valence-corrected chi connectivity index (χ2v) is 5.57. The van der Waals surface area contributed by atoms with Gasteiger partial charge in [0.25, 0.3) is 0 Å². The average molecular weight is 281 g/mol. The largest absolute Gasteiger partial charge is 0.478 e. The zero-order valence-electron chi connectivity index (χ0n) is 11.5. The molecule has 0 heterocycles. The van der Waals surface area contributed by atoms with Gasteiger partial charge in [-0.3, -0.25) is 0 Å². The quantitative estimate of drug-likeness (QED) is 0.645. The van der Waals surface area contributed by atoms with Crippen molar-refractivity contribution in [3.63, 3.8) is 0 Å². The molecular weight excluding hydrogens is 258 g/mol. The molecule has 0 aliphatic heterocycles. The first-order valence-corrected chi connectivity index (χ1v) is 8.15. The summed E-state index contributed by atoms with van der Waals surface area (Å²) in [6.07, 6.45) is 7.28. The van der Waals surface area contributed by atoms with Crippen molar-refractivity contribution in [3.8, 4) is 0 Å². The number of thioether (sulfide) groups is 1. The lowest BCUT2D eigenvalue weighted by atomic mass is 10.1. The number of carbonyl (C=O) groups is 1. The van der Waals surface area contributed by atoms with Gasteiger partial charge in [-0.25, -0.2) is 4.79 Å². The first-order chi connectivity index (χ1) is 9.24. The highest BCUT2D eigenvalue weighted by Gasteiger charge is 2.01. The van der Waals surface area contributed by atoms with Crippen LogP contribution in [0.5, 0.6) is 0 Å². The maximum atomic E-state index is 10.7. The fourth-order valence-corrected chi connectivity index (χ4v) is 2.34. The zero-order chi connectivity index (χ0) is 13.9. The minimum absolute atomic E-state index is 0.345. The molecule has 0 unspecified atom stereocenters. The van der Waals surface area contributed by atoms with Gasteiger partial charge in [-0.05, 0) is 49.1 Å². The molecule has 0 bridgehead atoms. The van der Waals surface area contributed by atoms with Crippen LogP contribution in [0.15, 0.2) is 24.3 Å². The van der Waals surface area contributed by atoms with Gasteiger partial charge in [0.15, 0.2) is 0 Å². The molecule has 0 aliphatic carbocycles. The predicted octanol–water partition coefficient (Wildman–Crippen LogP) is 3.40. The fourth-order valence-electron chi connectivity index (χ4n) is 1.85. The molecule has 0 aromatic heterocycles. The highest BCUT2D eigenvalue weighted by molar-refractivity contribution is 7.98. The predicted molar refractivity (Wildman–Crippen MR) is 82.0 cm³/mol. The number of unbranched alkanes of at least 4 members (excludes halogenated alkanes) is 3. The molecule has 1 rings (SSSR count). The summed E-state index contributed by atoms with van der Waals surface area (Å²) in [4.78, 5) is 10.7. The van der Waals surface area contributed by atoms with Gasteiger partial charge in [0.1, 0.15) is 0 Å². The maximum Gasteiger partial charge on any atom is 0.335 e. The van der Waals surface area contributed by atoms with E-state index in [1.165, 1.54) is 31.4 Å². The van der Waals surface area contributed by atoms with Crippen molar-refractivity contribution in [3.05, 3.63) is 35.4 Å². The topological polar surface area (TPSA) is 49.3 Å². The van der Waals surface area contributed by atoms with Crippen molar-refractivity contribution in [1.82, 2.24) is 5.32 Å². The second-order valence-electron chi connectivity index (χ2n) is 4.59. The summed E-state index contributed by atoms with van der Waals surface area (Å²) >= 11 is 1.91. The Kier molecular flexibility index (Phi) is 8.34. The fraction of sp³-hybridized carbons (Fsp3) is 0.533. The van der Waals surface area contributed by atoms with Crippen LogP contribution in [0.25, 0.3) is 0 Å². The molecule has 1 aromatic rings. The van der Waals surface area contributed by atoms with Gasteiger partial charge in [0, 0.05) is 6.54 Å². The number of hydrogen-bond acceptors (Lipinski definition) is 3. The monoisotopic (exact) mass is 281 g/mol. The van der Waals surface area contributed by atoms with Crippen LogP contribution in [0.3, 0.4) is 0 Å². The zero-order valence-corrected chi connectivity index (χ0v) is 12.3. The van der Waals surface area contributed by atoms with Gasteiger partial charge >= 0.3 is 5.97 Å². The summed E-state index contributed by atoms with van der Waals surface area (Å²) in [6.45, 7) is 1.84. The van der Waals surface area contributed by atoms with E-state index in [-0.39, 0.29) is 0 Å². The molecule has 2 N–H and O–H groups in total. The minimum Gasteiger partial charge on any atom is -0.478 e. The van der Waals surface area contributed by atoms with Crippen LogP contribution in [-0.2, 0) is 6.54 Å². The molecule has 0 spiro atoms. The van der Waals surface area contributed by atoms with Gasteiger partial charge in [0.05, 0.1) is 5.56 Å². The lowest BCUT2D eigenvalue weighted by molar-refractivity contribution is 0.0697. The van der Waals surface area contributed by atoms with E-state index in [0.29, 0.717) is 5.56 Å². The number of benzene rings is 1. The van der Waals surface area contributed by atoms with Gasteiger partial charge in [-0.1, -0.05) is 25.0 Å². The summed E-state index contributed by atoms with van der Waals surface area (Å²) in [6, 6.07) is 7.05. The van der Waals surface area contributed by atoms with E-state index in [1.807, 2.05) is 23.9 Å². The molecule has 4 heteroatoms. The van der Waals surface area contributed by atoms with Crippen molar-refractivity contribution in [2.45, 2.75) is 32.2 Å². The maximum absolute atomic E-state index is 10.7. The number of rotatable bonds is 10. The average Bonchev–Trinajstić information content (AvgIpc) is 2.42. The lowest BCUT2D eigenvalue weighted by Crippen LogP contribution is -2.14. The van der Waals surface area contributed by atoms with Gasteiger partial charge < -0.3 is 10.4 Å². The van der Waals surface area contributed by atoms with Crippen LogP contribution < -0.4 is 5.32 Å². The second kappa shape index (κ2) is 9.87. The minimum atomic E-state index is -0.871. The van der Waals surface area contributed by atoms with Crippen molar-refractivity contribution in [2.75, 3.05) is 18.6 Å². The standard InChI is InChI=1S/C15H23NO2S/c1-19-11-5-3-2-4-10-16-12-13-6-8-14(9-7-13)15(17)18/h6-9,16H,2-5,10-12H2,1H3,(H,17,18). The van der Waals surface area contributed by atoms with Crippen LogP contribution >= 0.6 is 11.8 Å². The Balaban J connectivity index is 2.07. The number of nitrogens with one attached hydrogen (secondary N) is 1. The Bertz CT molecular complexity index is 365. The van der Waals surface area contributed by atoms with E-state index in [9.17, 15) is 4.79 Å². The van der Waals surface area contributed by atoms with Crippen LogP contribution in [0.4, 0.5) is 0 Å². The van der Waals surface area contributed by atoms with E-state index in [1.54, 1.807) is 12.1 Å². The van der Waals surface area contributed by atoms with Crippen LogP contribution in [-0.4, -0.2) is 29.6 Å². The van der Waals surface area contributed by atoms with Crippen molar-refractivity contribution >= 4 is 17.7 Å².